The fraction of sp³-hybridized carbons (Fsp3) is 0.462. The number of likely N-dealkylation sites (N-methyl/N-ethyl adjacent to an activating group) is 1. The summed E-state index contributed by atoms with van der Waals surface area (Å²) in [7, 11) is 0. The molecule has 16 heavy (non-hydrogen) atoms. The topological polar surface area (TPSA) is 40.5 Å². The second-order valence-corrected chi connectivity index (χ2v) is 3.72. The van der Waals surface area contributed by atoms with E-state index >= 15 is 0 Å². The van der Waals surface area contributed by atoms with Gasteiger partial charge in [-0.05, 0) is 19.4 Å². The Kier molecular flexibility index (Phi) is 4.99. The standard InChI is InChI=1S/C13H19NO2/c1-3-14(4-2)13(16)12(15)10-11-8-6-5-7-9-11/h5-9,12,15H,3-4,10H2,1-2H3/t12-/m0/s1. The molecule has 0 bridgehead atoms. The monoisotopic (exact) mass is 221 g/mol. The van der Waals surface area contributed by atoms with Crippen molar-refractivity contribution in [1.82, 2.24) is 4.90 Å². The lowest BCUT2D eigenvalue weighted by atomic mass is 10.1. The Morgan fingerprint density at radius 3 is 2.31 bits per heavy atom. The lowest BCUT2D eigenvalue weighted by Gasteiger charge is -2.22. The Morgan fingerprint density at radius 1 is 1.25 bits per heavy atom. The smallest absolute Gasteiger partial charge is 0.251 e. The van der Waals surface area contributed by atoms with Gasteiger partial charge in [0.2, 0.25) is 0 Å². The number of carbonyl (C=O) groups is 1. The SMILES string of the molecule is CCN(CC)C(=O)[C@@H](O)Cc1ccccc1. The Hall–Kier alpha value is -1.35. The zero-order chi connectivity index (χ0) is 12.0. The van der Waals surface area contributed by atoms with Crippen LogP contribution in [-0.4, -0.2) is 35.1 Å². The van der Waals surface area contributed by atoms with Crippen LogP contribution in [0, 0.1) is 0 Å². The van der Waals surface area contributed by atoms with Crippen LogP contribution >= 0.6 is 0 Å². The van der Waals surface area contributed by atoms with Crippen LogP contribution in [0.15, 0.2) is 30.3 Å². The van der Waals surface area contributed by atoms with Crippen LogP contribution in [-0.2, 0) is 11.2 Å². The summed E-state index contributed by atoms with van der Waals surface area (Å²) in [6.45, 7) is 5.11. The maximum absolute atomic E-state index is 11.8. The highest BCUT2D eigenvalue weighted by atomic mass is 16.3. The Labute approximate surface area is 96.7 Å². The molecule has 0 radical (unpaired) electrons. The third-order valence-electron chi connectivity index (χ3n) is 2.63. The van der Waals surface area contributed by atoms with Crippen molar-refractivity contribution in [1.29, 1.82) is 0 Å². The zero-order valence-electron chi connectivity index (χ0n) is 9.89. The maximum atomic E-state index is 11.8. The minimum absolute atomic E-state index is 0.186. The van der Waals surface area contributed by atoms with Crippen molar-refractivity contribution in [3.8, 4) is 0 Å². The molecule has 0 aliphatic rings. The van der Waals surface area contributed by atoms with Gasteiger partial charge in [0, 0.05) is 19.5 Å². The third-order valence-corrected chi connectivity index (χ3v) is 2.63. The van der Waals surface area contributed by atoms with Gasteiger partial charge in [-0.1, -0.05) is 30.3 Å². The van der Waals surface area contributed by atoms with Crippen LogP contribution in [0.25, 0.3) is 0 Å². The van der Waals surface area contributed by atoms with Crippen LogP contribution in [0.2, 0.25) is 0 Å². The molecule has 0 heterocycles. The molecule has 1 aromatic rings. The molecular weight excluding hydrogens is 202 g/mol. The van der Waals surface area contributed by atoms with E-state index in [1.165, 1.54) is 0 Å². The molecule has 0 saturated heterocycles. The van der Waals surface area contributed by atoms with Crippen LogP contribution in [0.5, 0.6) is 0 Å². The van der Waals surface area contributed by atoms with Crippen molar-refractivity contribution < 1.29 is 9.90 Å². The molecule has 3 nitrogen and oxygen atoms in total. The number of aliphatic hydroxyl groups excluding tert-OH is 1. The van der Waals surface area contributed by atoms with Gasteiger partial charge in [-0.3, -0.25) is 4.79 Å². The van der Waals surface area contributed by atoms with Crippen LogP contribution in [0.4, 0.5) is 0 Å². The van der Waals surface area contributed by atoms with E-state index in [0.717, 1.165) is 5.56 Å². The van der Waals surface area contributed by atoms with Crippen molar-refractivity contribution >= 4 is 5.91 Å². The minimum Gasteiger partial charge on any atom is -0.383 e. The Morgan fingerprint density at radius 2 is 1.81 bits per heavy atom. The molecule has 1 aromatic carbocycles. The number of hydrogen-bond acceptors (Lipinski definition) is 2. The van der Waals surface area contributed by atoms with E-state index in [9.17, 15) is 9.90 Å². The van der Waals surface area contributed by atoms with Gasteiger partial charge in [0.15, 0.2) is 0 Å². The molecule has 1 N–H and O–H groups in total. The summed E-state index contributed by atoms with van der Waals surface area (Å²) in [6, 6.07) is 9.56. The average molecular weight is 221 g/mol. The van der Waals surface area contributed by atoms with E-state index in [2.05, 4.69) is 0 Å². The highest BCUT2D eigenvalue weighted by Crippen LogP contribution is 2.05. The van der Waals surface area contributed by atoms with Crippen molar-refractivity contribution in [3.05, 3.63) is 35.9 Å². The van der Waals surface area contributed by atoms with E-state index in [1.807, 2.05) is 44.2 Å². The van der Waals surface area contributed by atoms with E-state index in [1.54, 1.807) is 4.90 Å². The second kappa shape index (κ2) is 6.28. The molecule has 0 unspecified atom stereocenters. The van der Waals surface area contributed by atoms with E-state index in [-0.39, 0.29) is 5.91 Å². The summed E-state index contributed by atoms with van der Waals surface area (Å²) in [5, 5.41) is 9.81. The second-order valence-electron chi connectivity index (χ2n) is 3.72. The summed E-state index contributed by atoms with van der Waals surface area (Å²) in [5.74, 6) is -0.186. The van der Waals surface area contributed by atoms with E-state index in [0.29, 0.717) is 19.5 Å². The van der Waals surface area contributed by atoms with Crippen molar-refractivity contribution in [3.63, 3.8) is 0 Å². The molecule has 0 aromatic heterocycles. The van der Waals surface area contributed by atoms with Crippen LogP contribution < -0.4 is 0 Å². The third kappa shape index (κ3) is 3.35. The molecular formula is C13H19NO2. The first-order valence-corrected chi connectivity index (χ1v) is 5.69. The largest absolute Gasteiger partial charge is 0.383 e. The molecule has 0 aliphatic carbocycles. The normalized spacial score (nSPS) is 12.2. The van der Waals surface area contributed by atoms with Gasteiger partial charge in [-0.15, -0.1) is 0 Å². The number of amides is 1. The summed E-state index contributed by atoms with van der Waals surface area (Å²) < 4.78 is 0. The average Bonchev–Trinajstić information content (AvgIpc) is 2.31. The lowest BCUT2D eigenvalue weighted by Crippen LogP contribution is -2.39. The number of carbonyl (C=O) groups excluding carboxylic acids is 1. The first-order chi connectivity index (χ1) is 7.69. The van der Waals surface area contributed by atoms with Gasteiger partial charge < -0.3 is 10.0 Å². The van der Waals surface area contributed by atoms with E-state index < -0.39 is 6.10 Å². The lowest BCUT2D eigenvalue weighted by molar-refractivity contribution is -0.139. The zero-order valence-corrected chi connectivity index (χ0v) is 9.89. The van der Waals surface area contributed by atoms with Gasteiger partial charge >= 0.3 is 0 Å². The first kappa shape index (κ1) is 12.7. The molecule has 0 fully saturated rings. The minimum atomic E-state index is -0.928. The van der Waals surface area contributed by atoms with Crippen LogP contribution in [0.3, 0.4) is 0 Å². The number of nitrogens with zero attached hydrogens (tertiary/aromatic N) is 1. The summed E-state index contributed by atoms with van der Waals surface area (Å²) in [4.78, 5) is 13.4. The predicted molar refractivity (Wildman–Crippen MR) is 64.1 cm³/mol. The van der Waals surface area contributed by atoms with Gasteiger partial charge in [0.05, 0.1) is 0 Å². The number of hydrogen-bond donors (Lipinski definition) is 1. The molecule has 0 saturated carbocycles. The molecule has 0 spiro atoms. The van der Waals surface area contributed by atoms with Gasteiger partial charge in [0.1, 0.15) is 6.10 Å². The molecule has 1 rings (SSSR count). The molecule has 88 valence electrons. The van der Waals surface area contributed by atoms with Gasteiger partial charge in [0.25, 0.3) is 5.91 Å². The molecule has 3 heteroatoms. The van der Waals surface area contributed by atoms with E-state index in [4.69, 9.17) is 0 Å². The number of rotatable bonds is 5. The Bertz CT molecular complexity index is 320. The number of benzene rings is 1. The maximum Gasteiger partial charge on any atom is 0.251 e. The first-order valence-electron chi connectivity index (χ1n) is 5.69. The highest BCUT2D eigenvalue weighted by molar-refractivity contribution is 5.80. The summed E-state index contributed by atoms with van der Waals surface area (Å²) in [6.07, 6.45) is -0.543. The van der Waals surface area contributed by atoms with Crippen molar-refractivity contribution in [2.45, 2.75) is 26.4 Å². The fourth-order valence-electron chi connectivity index (χ4n) is 1.67. The molecule has 1 amide bonds. The summed E-state index contributed by atoms with van der Waals surface area (Å²) in [5.41, 5.74) is 0.982. The fourth-order valence-corrected chi connectivity index (χ4v) is 1.67. The van der Waals surface area contributed by atoms with Gasteiger partial charge in [-0.2, -0.15) is 0 Å². The van der Waals surface area contributed by atoms with Gasteiger partial charge in [-0.25, -0.2) is 0 Å². The molecule has 0 aliphatic heterocycles. The quantitative estimate of drug-likeness (QED) is 0.817. The van der Waals surface area contributed by atoms with Crippen molar-refractivity contribution in [2.75, 3.05) is 13.1 Å². The molecule has 1 atom stereocenters. The number of aliphatic hydroxyl groups is 1. The van der Waals surface area contributed by atoms with Crippen LogP contribution in [0.1, 0.15) is 19.4 Å². The highest BCUT2D eigenvalue weighted by Gasteiger charge is 2.19. The van der Waals surface area contributed by atoms with Crippen molar-refractivity contribution in [2.24, 2.45) is 0 Å². The predicted octanol–water partition coefficient (Wildman–Crippen LogP) is 1.46. The Balaban J connectivity index is 2.58. The summed E-state index contributed by atoms with van der Waals surface area (Å²) >= 11 is 0.